The molecule has 168 valence electrons. The Balaban J connectivity index is 1.47. The summed E-state index contributed by atoms with van der Waals surface area (Å²) in [6.45, 7) is 14.9. The quantitative estimate of drug-likeness (QED) is 0.811. The first-order valence-electron chi connectivity index (χ1n) is 11.0. The lowest BCUT2D eigenvalue weighted by Gasteiger charge is -2.28. The third-order valence-electron chi connectivity index (χ3n) is 6.83. The van der Waals surface area contributed by atoms with E-state index in [0.29, 0.717) is 13.1 Å². The molecule has 1 aromatic heterocycles. The van der Waals surface area contributed by atoms with Gasteiger partial charge >= 0.3 is 6.09 Å². The fourth-order valence-electron chi connectivity index (χ4n) is 5.29. The molecule has 3 unspecified atom stereocenters. The van der Waals surface area contributed by atoms with Crippen molar-refractivity contribution in [3.8, 4) is 0 Å². The number of carbonyl (C=O) groups excluding carboxylic acids is 2. The highest BCUT2D eigenvalue weighted by molar-refractivity contribution is 5.88. The molecule has 2 amide bonds. The average molecular weight is 427 g/mol. The van der Waals surface area contributed by atoms with Gasteiger partial charge in [-0.3, -0.25) is 9.48 Å². The number of nitrogens with zero attached hydrogens (tertiary/aromatic N) is 3. The number of benzene rings is 1. The van der Waals surface area contributed by atoms with Crippen LogP contribution in [0.1, 0.15) is 52.8 Å². The lowest BCUT2D eigenvalue weighted by atomic mass is 9.95. The number of hydrogen-bond donors (Lipinski definition) is 1. The van der Waals surface area contributed by atoms with Gasteiger partial charge in [0, 0.05) is 30.9 Å². The molecule has 1 saturated heterocycles. The molecule has 0 spiro atoms. The molecule has 2 heterocycles. The molecule has 7 nitrogen and oxygen atoms in total. The van der Waals surface area contributed by atoms with Crippen molar-refractivity contribution in [1.29, 1.82) is 0 Å². The van der Waals surface area contributed by atoms with Crippen molar-refractivity contribution in [3.63, 3.8) is 0 Å². The van der Waals surface area contributed by atoms with Crippen LogP contribution in [0.3, 0.4) is 0 Å². The predicted molar refractivity (Wildman–Crippen MR) is 120 cm³/mol. The summed E-state index contributed by atoms with van der Waals surface area (Å²) in [6.07, 6.45) is -0.296. The number of hydrogen-bond acceptors (Lipinski definition) is 4. The Morgan fingerprint density at radius 1 is 1.23 bits per heavy atom. The Bertz CT molecular complexity index is 1060. The van der Waals surface area contributed by atoms with Crippen LogP contribution >= 0.6 is 0 Å². The Morgan fingerprint density at radius 2 is 1.90 bits per heavy atom. The van der Waals surface area contributed by atoms with Gasteiger partial charge in [0.15, 0.2) is 0 Å². The molecule has 7 heteroatoms. The topological polar surface area (TPSA) is 76.5 Å². The largest absolute Gasteiger partial charge is 0.444 e. The third-order valence-corrected chi connectivity index (χ3v) is 6.83. The summed E-state index contributed by atoms with van der Waals surface area (Å²) >= 11 is 0. The van der Waals surface area contributed by atoms with Crippen LogP contribution in [-0.2, 0) is 22.1 Å². The van der Waals surface area contributed by atoms with E-state index in [9.17, 15) is 9.59 Å². The molecule has 4 rings (SSSR count). The van der Waals surface area contributed by atoms with Crippen LogP contribution in [0.25, 0.3) is 10.9 Å². The molecule has 31 heavy (non-hydrogen) atoms. The van der Waals surface area contributed by atoms with Gasteiger partial charge in [-0.2, -0.15) is 5.10 Å². The zero-order valence-corrected chi connectivity index (χ0v) is 19.9. The van der Waals surface area contributed by atoms with Gasteiger partial charge in [-0.15, -0.1) is 0 Å². The summed E-state index contributed by atoms with van der Waals surface area (Å²) in [5, 5.41) is 9.05. The highest BCUT2D eigenvalue weighted by atomic mass is 16.6. The monoisotopic (exact) mass is 426 g/mol. The van der Waals surface area contributed by atoms with Crippen molar-refractivity contribution in [2.45, 2.75) is 59.6 Å². The Labute approximate surface area is 184 Å². The molecule has 0 radical (unpaired) electrons. The van der Waals surface area contributed by atoms with Crippen LogP contribution in [0, 0.1) is 24.2 Å². The van der Waals surface area contributed by atoms with Crippen molar-refractivity contribution in [3.05, 3.63) is 29.5 Å². The van der Waals surface area contributed by atoms with Crippen molar-refractivity contribution in [2.24, 2.45) is 24.3 Å². The van der Waals surface area contributed by atoms with Gasteiger partial charge < -0.3 is 15.0 Å². The molecule has 1 aromatic carbocycles. The first-order valence-corrected chi connectivity index (χ1v) is 11.0. The van der Waals surface area contributed by atoms with E-state index < -0.39 is 11.1 Å². The summed E-state index contributed by atoms with van der Waals surface area (Å²) in [6, 6.07) is 6.16. The Kier molecular flexibility index (Phi) is 4.69. The summed E-state index contributed by atoms with van der Waals surface area (Å²) in [5.74, 6) is 0.105. The van der Waals surface area contributed by atoms with E-state index in [1.54, 1.807) is 4.90 Å². The number of ether oxygens (including phenoxy) is 1. The molecule has 3 atom stereocenters. The maximum atomic E-state index is 13.2. The Hall–Kier alpha value is -2.57. The number of nitrogens with one attached hydrogen (secondary N) is 1. The van der Waals surface area contributed by atoms with Gasteiger partial charge in [-0.05, 0) is 53.0 Å². The highest BCUT2D eigenvalue weighted by Crippen LogP contribution is 2.63. The van der Waals surface area contributed by atoms with Crippen LogP contribution in [0.2, 0.25) is 0 Å². The number of rotatable bonds is 3. The number of amides is 2. The van der Waals surface area contributed by atoms with Gasteiger partial charge in [0.25, 0.3) is 0 Å². The van der Waals surface area contributed by atoms with E-state index >= 15 is 0 Å². The number of aromatic nitrogens is 2. The van der Waals surface area contributed by atoms with E-state index in [1.807, 2.05) is 52.4 Å². The second-order valence-electron chi connectivity index (χ2n) is 11.0. The van der Waals surface area contributed by atoms with E-state index in [2.05, 4.69) is 31.3 Å². The minimum absolute atomic E-state index is 0.0350. The molecule has 2 aliphatic rings. The smallest absolute Gasteiger partial charge is 0.410 e. The van der Waals surface area contributed by atoms with Gasteiger partial charge in [0.05, 0.1) is 22.7 Å². The Morgan fingerprint density at radius 3 is 2.48 bits per heavy atom. The lowest BCUT2D eigenvalue weighted by molar-refractivity contribution is -0.125. The molecule has 2 fully saturated rings. The number of para-hydroxylation sites is 1. The lowest BCUT2D eigenvalue weighted by Crippen LogP contribution is -2.45. The van der Waals surface area contributed by atoms with Gasteiger partial charge in [-0.1, -0.05) is 25.1 Å². The predicted octanol–water partition coefficient (Wildman–Crippen LogP) is 3.74. The fourth-order valence-corrected chi connectivity index (χ4v) is 5.29. The fraction of sp³-hybridized carbons (Fsp3) is 0.625. The summed E-state index contributed by atoms with van der Waals surface area (Å²) in [4.78, 5) is 27.4. The van der Waals surface area contributed by atoms with E-state index in [0.717, 1.165) is 22.2 Å². The SMILES string of the molecule is Cc1cccc2c(C(C)(C)NC(=O)C3C4CN(C(=O)OC(C)(C)C)CC43C)nn(C)c12. The van der Waals surface area contributed by atoms with Gasteiger partial charge in [0.1, 0.15) is 5.60 Å². The van der Waals surface area contributed by atoms with Gasteiger partial charge in [-0.25, -0.2) is 4.79 Å². The molecular formula is C24H34N4O3. The van der Waals surface area contributed by atoms with Crippen molar-refractivity contribution in [2.75, 3.05) is 13.1 Å². The molecule has 0 bridgehead atoms. The molecule has 1 aliphatic carbocycles. The first kappa shape index (κ1) is 21.7. The molecule has 1 aliphatic heterocycles. The van der Waals surface area contributed by atoms with Crippen molar-refractivity contribution >= 4 is 22.9 Å². The highest BCUT2D eigenvalue weighted by Gasteiger charge is 2.70. The summed E-state index contributed by atoms with van der Waals surface area (Å²) < 4.78 is 7.39. The van der Waals surface area contributed by atoms with E-state index in [4.69, 9.17) is 9.84 Å². The molecular weight excluding hydrogens is 392 g/mol. The van der Waals surface area contributed by atoms with Crippen LogP contribution in [0.4, 0.5) is 4.79 Å². The minimum Gasteiger partial charge on any atom is -0.444 e. The number of aryl methyl sites for hydroxylation is 2. The van der Waals surface area contributed by atoms with E-state index in [-0.39, 0.29) is 29.3 Å². The minimum atomic E-state index is -0.609. The maximum absolute atomic E-state index is 13.2. The van der Waals surface area contributed by atoms with E-state index in [1.165, 1.54) is 0 Å². The summed E-state index contributed by atoms with van der Waals surface area (Å²) in [5.41, 5.74) is 1.79. The normalized spacial score (nSPS) is 25.5. The van der Waals surface area contributed by atoms with Crippen LogP contribution < -0.4 is 5.32 Å². The van der Waals surface area contributed by atoms with Crippen molar-refractivity contribution < 1.29 is 14.3 Å². The maximum Gasteiger partial charge on any atom is 0.410 e. The standard InChI is InChI=1S/C24H34N4O3/c1-14-10-9-11-15-18(14)27(8)26-19(15)23(5,6)25-20(29)17-16-12-28(13-24(16,17)7)21(30)31-22(2,3)4/h9-11,16-17H,12-13H2,1-8H3,(H,25,29). The number of likely N-dealkylation sites (tertiary alicyclic amines) is 1. The molecule has 1 saturated carbocycles. The van der Waals surface area contributed by atoms with Crippen molar-refractivity contribution in [1.82, 2.24) is 20.0 Å². The second kappa shape index (κ2) is 6.71. The number of fused-ring (bicyclic) bond motifs is 2. The van der Waals surface area contributed by atoms with Gasteiger partial charge in [0.2, 0.25) is 5.91 Å². The molecule has 2 aromatic rings. The van der Waals surface area contributed by atoms with Crippen LogP contribution in [0.5, 0.6) is 0 Å². The molecule has 1 N–H and O–H groups in total. The second-order valence-corrected chi connectivity index (χ2v) is 11.0. The number of piperidine rings is 1. The third kappa shape index (κ3) is 3.58. The average Bonchev–Trinajstić information content (AvgIpc) is 2.88. The van der Waals surface area contributed by atoms with Crippen LogP contribution in [0.15, 0.2) is 18.2 Å². The summed E-state index contributed by atoms with van der Waals surface area (Å²) in [7, 11) is 1.94. The number of carbonyl (C=O) groups is 2. The zero-order chi connectivity index (χ0) is 22.9. The first-order chi connectivity index (χ1) is 14.2. The van der Waals surface area contributed by atoms with Crippen LogP contribution in [-0.4, -0.2) is 45.4 Å². The zero-order valence-electron chi connectivity index (χ0n) is 19.9.